The normalized spacial score (nSPS) is 20.7. The third-order valence-electron chi connectivity index (χ3n) is 4.09. The Morgan fingerprint density at radius 1 is 1.33 bits per heavy atom. The van der Waals surface area contributed by atoms with Gasteiger partial charge in [0, 0.05) is 19.1 Å². The lowest BCUT2D eigenvalue weighted by atomic mass is 10.1. The third-order valence-corrected chi connectivity index (χ3v) is 5.95. The second kappa shape index (κ2) is 6.34. The summed E-state index contributed by atoms with van der Waals surface area (Å²) in [6, 6.07) is 5.32. The molecule has 21 heavy (non-hydrogen) atoms. The fourth-order valence-corrected chi connectivity index (χ4v) is 4.32. The van der Waals surface area contributed by atoms with Crippen LogP contribution in [-0.4, -0.2) is 58.0 Å². The van der Waals surface area contributed by atoms with E-state index in [9.17, 15) is 8.42 Å². The second-order valence-electron chi connectivity index (χ2n) is 5.75. The van der Waals surface area contributed by atoms with Crippen molar-refractivity contribution in [1.29, 1.82) is 0 Å². The first-order valence-electron chi connectivity index (χ1n) is 7.17. The number of rotatable bonds is 4. The molecular weight excluding hydrogens is 288 g/mol. The first-order valence-corrected chi connectivity index (χ1v) is 8.61. The Morgan fingerprint density at radius 2 is 2.05 bits per heavy atom. The van der Waals surface area contributed by atoms with Gasteiger partial charge in [-0.25, -0.2) is 8.42 Å². The highest BCUT2D eigenvalue weighted by Gasteiger charge is 2.31. The van der Waals surface area contributed by atoms with Gasteiger partial charge in [0.05, 0.1) is 12.0 Å². The molecule has 1 aliphatic rings. The molecule has 0 N–H and O–H groups in total. The monoisotopic (exact) mass is 312 g/mol. The van der Waals surface area contributed by atoms with Crippen molar-refractivity contribution in [3.05, 3.63) is 23.8 Å². The fourth-order valence-electron chi connectivity index (χ4n) is 2.72. The molecule has 0 aromatic heterocycles. The van der Waals surface area contributed by atoms with Crippen LogP contribution in [0.15, 0.2) is 23.1 Å². The van der Waals surface area contributed by atoms with Gasteiger partial charge in [-0.05, 0) is 57.6 Å². The van der Waals surface area contributed by atoms with E-state index in [0.717, 1.165) is 18.4 Å². The summed E-state index contributed by atoms with van der Waals surface area (Å²) in [4.78, 5) is 2.45. The van der Waals surface area contributed by atoms with Crippen LogP contribution in [0.3, 0.4) is 0 Å². The summed E-state index contributed by atoms with van der Waals surface area (Å²) in [5, 5.41) is 0. The Hall–Kier alpha value is -1.11. The molecule has 118 valence electrons. The lowest BCUT2D eigenvalue weighted by Crippen LogP contribution is -2.47. The molecule has 1 heterocycles. The number of aryl methyl sites for hydroxylation is 1. The number of piperidine rings is 1. The Bertz CT molecular complexity index is 599. The van der Waals surface area contributed by atoms with Crippen LogP contribution in [0, 0.1) is 6.92 Å². The SMILES string of the molecule is COc1ccc(S(=O)(=O)N2CCC[C@@H](N(C)C)C2)cc1C. The van der Waals surface area contributed by atoms with Gasteiger partial charge in [0.1, 0.15) is 5.75 Å². The summed E-state index contributed by atoms with van der Waals surface area (Å²) in [5.74, 6) is 0.707. The molecule has 0 bridgehead atoms. The van der Waals surface area contributed by atoms with Crippen LogP contribution in [0.2, 0.25) is 0 Å². The number of likely N-dealkylation sites (N-methyl/N-ethyl adjacent to an activating group) is 1. The van der Waals surface area contributed by atoms with Crippen LogP contribution in [0.4, 0.5) is 0 Å². The molecule has 0 saturated carbocycles. The van der Waals surface area contributed by atoms with E-state index in [1.807, 2.05) is 21.0 Å². The number of benzene rings is 1. The van der Waals surface area contributed by atoms with Crippen LogP contribution in [0.5, 0.6) is 5.75 Å². The molecule has 0 spiro atoms. The van der Waals surface area contributed by atoms with Crippen LogP contribution < -0.4 is 4.74 Å². The van der Waals surface area contributed by atoms with E-state index in [0.29, 0.717) is 23.7 Å². The number of hydrogen-bond donors (Lipinski definition) is 0. The van der Waals surface area contributed by atoms with Crippen LogP contribution >= 0.6 is 0 Å². The fraction of sp³-hybridized carbons (Fsp3) is 0.600. The second-order valence-corrected chi connectivity index (χ2v) is 7.69. The molecule has 1 fully saturated rings. The molecule has 1 atom stereocenters. The zero-order valence-electron chi connectivity index (χ0n) is 13.2. The molecule has 0 unspecified atom stereocenters. The minimum Gasteiger partial charge on any atom is -0.496 e. The summed E-state index contributed by atoms with van der Waals surface area (Å²) in [6.07, 6.45) is 1.94. The molecule has 1 aromatic carbocycles. The minimum absolute atomic E-state index is 0.285. The first-order chi connectivity index (χ1) is 9.86. The van der Waals surface area contributed by atoms with E-state index in [-0.39, 0.29) is 6.04 Å². The van der Waals surface area contributed by atoms with Crippen molar-refractivity contribution >= 4 is 10.0 Å². The van der Waals surface area contributed by atoms with Crippen molar-refractivity contribution in [3.63, 3.8) is 0 Å². The standard InChI is InChI=1S/C15H24N2O3S/c1-12-10-14(7-8-15(12)20-4)21(18,19)17-9-5-6-13(11-17)16(2)3/h7-8,10,13H,5-6,9,11H2,1-4H3/t13-/m1/s1. The van der Waals surface area contributed by atoms with E-state index >= 15 is 0 Å². The number of sulfonamides is 1. The largest absolute Gasteiger partial charge is 0.496 e. The van der Waals surface area contributed by atoms with Crippen molar-refractivity contribution in [2.75, 3.05) is 34.3 Å². The zero-order valence-corrected chi connectivity index (χ0v) is 14.0. The Balaban J connectivity index is 2.27. The van der Waals surface area contributed by atoms with E-state index in [4.69, 9.17) is 4.74 Å². The lowest BCUT2D eigenvalue weighted by Gasteiger charge is -2.35. The number of methoxy groups -OCH3 is 1. The molecule has 0 amide bonds. The smallest absolute Gasteiger partial charge is 0.243 e. The first kappa shape index (κ1) is 16.3. The van der Waals surface area contributed by atoms with Gasteiger partial charge >= 0.3 is 0 Å². The van der Waals surface area contributed by atoms with E-state index in [1.54, 1.807) is 29.6 Å². The van der Waals surface area contributed by atoms with Crippen molar-refractivity contribution in [1.82, 2.24) is 9.21 Å². The van der Waals surface area contributed by atoms with Crippen molar-refractivity contribution < 1.29 is 13.2 Å². The minimum atomic E-state index is -3.42. The van der Waals surface area contributed by atoms with E-state index in [1.165, 1.54) is 0 Å². The predicted octanol–water partition coefficient (Wildman–Crippen LogP) is 1.72. The molecule has 1 saturated heterocycles. The summed E-state index contributed by atoms with van der Waals surface area (Å²) in [7, 11) is 2.16. The van der Waals surface area contributed by atoms with Gasteiger partial charge < -0.3 is 9.64 Å². The number of hydrogen-bond acceptors (Lipinski definition) is 4. The van der Waals surface area contributed by atoms with Crippen LogP contribution in [0.1, 0.15) is 18.4 Å². The average Bonchev–Trinajstić information content (AvgIpc) is 2.47. The van der Waals surface area contributed by atoms with Crippen molar-refractivity contribution in [3.8, 4) is 5.75 Å². The molecule has 0 radical (unpaired) electrons. The topological polar surface area (TPSA) is 49.9 Å². The maximum atomic E-state index is 12.8. The third kappa shape index (κ3) is 3.39. The number of ether oxygens (including phenoxy) is 1. The Kier molecular flexibility index (Phi) is 4.91. The van der Waals surface area contributed by atoms with Gasteiger partial charge in [-0.2, -0.15) is 4.31 Å². The van der Waals surface area contributed by atoms with Gasteiger partial charge in [0.15, 0.2) is 0 Å². The maximum absolute atomic E-state index is 12.8. The average molecular weight is 312 g/mol. The molecular formula is C15H24N2O3S. The van der Waals surface area contributed by atoms with Gasteiger partial charge in [-0.15, -0.1) is 0 Å². The van der Waals surface area contributed by atoms with Crippen LogP contribution in [0.25, 0.3) is 0 Å². The summed E-state index contributed by atoms with van der Waals surface area (Å²) < 4.78 is 32.3. The van der Waals surface area contributed by atoms with Gasteiger partial charge in [0.2, 0.25) is 10.0 Å². The highest BCUT2D eigenvalue weighted by molar-refractivity contribution is 7.89. The quantitative estimate of drug-likeness (QED) is 0.849. The van der Waals surface area contributed by atoms with Gasteiger partial charge in [-0.1, -0.05) is 0 Å². The van der Waals surface area contributed by atoms with Gasteiger partial charge in [0.25, 0.3) is 0 Å². The summed E-state index contributed by atoms with van der Waals surface area (Å²) in [6.45, 7) is 3.01. The summed E-state index contributed by atoms with van der Waals surface area (Å²) >= 11 is 0. The summed E-state index contributed by atoms with van der Waals surface area (Å²) in [5.41, 5.74) is 0.833. The van der Waals surface area contributed by atoms with Crippen molar-refractivity contribution in [2.24, 2.45) is 0 Å². The highest BCUT2D eigenvalue weighted by atomic mass is 32.2. The van der Waals surface area contributed by atoms with Crippen molar-refractivity contribution in [2.45, 2.75) is 30.7 Å². The number of nitrogens with zero attached hydrogens (tertiary/aromatic N) is 2. The molecule has 1 aromatic rings. The predicted molar refractivity (Wildman–Crippen MR) is 83.2 cm³/mol. The van der Waals surface area contributed by atoms with Gasteiger partial charge in [-0.3, -0.25) is 0 Å². The molecule has 5 nitrogen and oxygen atoms in total. The van der Waals surface area contributed by atoms with E-state index < -0.39 is 10.0 Å². The molecule has 1 aliphatic heterocycles. The molecule has 0 aliphatic carbocycles. The molecule has 2 rings (SSSR count). The van der Waals surface area contributed by atoms with Crippen LogP contribution in [-0.2, 0) is 10.0 Å². The highest BCUT2D eigenvalue weighted by Crippen LogP contribution is 2.26. The zero-order chi connectivity index (χ0) is 15.6. The molecule has 6 heteroatoms. The lowest BCUT2D eigenvalue weighted by molar-refractivity contribution is 0.190. The maximum Gasteiger partial charge on any atom is 0.243 e. The van der Waals surface area contributed by atoms with E-state index in [2.05, 4.69) is 4.90 Å². The Morgan fingerprint density at radius 3 is 2.62 bits per heavy atom. The Labute approximate surface area is 127 Å².